The third-order valence-corrected chi connectivity index (χ3v) is 7.50. The molecule has 0 aromatic heterocycles. The Morgan fingerprint density at radius 1 is 0.750 bits per heavy atom. The zero-order chi connectivity index (χ0) is 19.6. The van der Waals surface area contributed by atoms with Gasteiger partial charge in [0.15, 0.2) is 0 Å². The number of benzene rings is 1. The molecule has 1 aromatic rings. The molecule has 0 unspecified atom stereocenters. The Kier molecular flexibility index (Phi) is 9.15. The molecular weight excluding hydrogens is 347 g/mol. The van der Waals surface area contributed by atoms with Crippen LogP contribution in [0.3, 0.4) is 0 Å². The Balaban J connectivity index is 1.25. The minimum absolute atomic E-state index is 0.200. The van der Waals surface area contributed by atoms with Crippen LogP contribution in [0.25, 0.3) is 0 Å². The second-order valence-corrected chi connectivity index (χ2v) is 9.50. The van der Waals surface area contributed by atoms with E-state index in [-0.39, 0.29) is 5.82 Å². The predicted octanol–water partition coefficient (Wildman–Crippen LogP) is 8.18. The summed E-state index contributed by atoms with van der Waals surface area (Å²) in [5.74, 6) is 4.58. The summed E-state index contributed by atoms with van der Waals surface area (Å²) in [6.07, 6.45) is 20.0. The van der Waals surface area contributed by atoms with Crippen LogP contribution in [-0.2, 0) is 0 Å². The van der Waals surface area contributed by atoms with E-state index in [9.17, 15) is 4.39 Å². The molecule has 0 radical (unpaired) electrons. The minimum atomic E-state index is -0.200. The van der Waals surface area contributed by atoms with Gasteiger partial charge in [-0.15, -0.1) is 0 Å². The van der Waals surface area contributed by atoms with Crippen molar-refractivity contribution >= 4 is 0 Å². The fraction of sp³-hybridized carbons (Fsp3) is 0.769. The standard InChI is InChI=1S/C26H41FO/c1-2-3-4-6-21-8-12-23(13-9-21)24-14-10-22(11-15-24)7-5-20-28-26-18-16-25(27)17-19-26/h16-19,21-24H,2-15,20H2,1H3/t21-,22?,23-,24?. The molecule has 0 atom stereocenters. The number of rotatable bonds is 10. The highest BCUT2D eigenvalue weighted by Gasteiger charge is 2.30. The fourth-order valence-electron chi connectivity index (χ4n) is 5.67. The first kappa shape index (κ1) is 21.7. The topological polar surface area (TPSA) is 9.23 Å². The largest absolute Gasteiger partial charge is 0.494 e. The van der Waals surface area contributed by atoms with E-state index in [1.807, 2.05) is 0 Å². The zero-order valence-electron chi connectivity index (χ0n) is 18.0. The quantitative estimate of drug-likeness (QED) is 0.367. The summed E-state index contributed by atoms with van der Waals surface area (Å²) < 4.78 is 18.7. The first-order valence-corrected chi connectivity index (χ1v) is 12.1. The van der Waals surface area contributed by atoms with E-state index < -0.39 is 0 Å². The van der Waals surface area contributed by atoms with E-state index in [1.165, 1.54) is 95.6 Å². The lowest BCUT2D eigenvalue weighted by atomic mass is 9.68. The number of hydrogen-bond donors (Lipinski definition) is 0. The number of halogens is 1. The Morgan fingerprint density at radius 3 is 1.82 bits per heavy atom. The Morgan fingerprint density at radius 2 is 1.29 bits per heavy atom. The van der Waals surface area contributed by atoms with E-state index >= 15 is 0 Å². The van der Waals surface area contributed by atoms with Crippen molar-refractivity contribution in [3.63, 3.8) is 0 Å². The molecule has 0 amide bonds. The van der Waals surface area contributed by atoms with E-state index in [2.05, 4.69) is 6.92 Å². The summed E-state index contributed by atoms with van der Waals surface area (Å²) in [5, 5.41) is 0. The molecule has 3 rings (SSSR count). The SMILES string of the molecule is CCCCC[C@H]1CC[C@H](C2CCC(CCCOc3ccc(F)cc3)CC2)CC1. The highest BCUT2D eigenvalue weighted by molar-refractivity contribution is 5.21. The van der Waals surface area contributed by atoms with Crippen LogP contribution in [0.5, 0.6) is 5.75 Å². The van der Waals surface area contributed by atoms with Crippen molar-refractivity contribution in [1.82, 2.24) is 0 Å². The fourth-order valence-corrected chi connectivity index (χ4v) is 5.67. The highest BCUT2D eigenvalue weighted by atomic mass is 19.1. The number of unbranched alkanes of at least 4 members (excludes halogenated alkanes) is 2. The van der Waals surface area contributed by atoms with Crippen LogP contribution in [0, 0.1) is 29.5 Å². The second-order valence-electron chi connectivity index (χ2n) is 9.50. The molecule has 0 aliphatic heterocycles. The van der Waals surface area contributed by atoms with Crippen molar-refractivity contribution < 1.29 is 9.13 Å². The predicted molar refractivity (Wildman–Crippen MR) is 116 cm³/mol. The van der Waals surface area contributed by atoms with Gasteiger partial charge < -0.3 is 4.74 Å². The van der Waals surface area contributed by atoms with E-state index in [0.29, 0.717) is 0 Å². The van der Waals surface area contributed by atoms with Gasteiger partial charge in [-0.25, -0.2) is 4.39 Å². The summed E-state index contributed by atoms with van der Waals surface area (Å²) in [4.78, 5) is 0. The van der Waals surface area contributed by atoms with Crippen molar-refractivity contribution in [2.45, 2.75) is 96.8 Å². The number of ether oxygens (including phenoxy) is 1. The summed E-state index contributed by atoms with van der Waals surface area (Å²) >= 11 is 0. The van der Waals surface area contributed by atoms with Gasteiger partial charge >= 0.3 is 0 Å². The van der Waals surface area contributed by atoms with Crippen molar-refractivity contribution in [3.05, 3.63) is 30.1 Å². The lowest BCUT2D eigenvalue weighted by Gasteiger charge is -2.38. The lowest BCUT2D eigenvalue weighted by molar-refractivity contribution is 0.138. The van der Waals surface area contributed by atoms with Gasteiger partial charge in [0.05, 0.1) is 6.61 Å². The van der Waals surface area contributed by atoms with Crippen LogP contribution in [-0.4, -0.2) is 6.61 Å². The molecule has 0 spiro atoms. The van der Waals surface area contributed by atoms with Crippen molar-refractivity contribution in [2.24, 2.45) is 23.7 Å². The Labute approximate surface area is 172 Å². The van der Waals surface area contributed by atoms with Crippen molar-refractivity contribution in [1.29, 1.82) is 0 Å². The normalized spacial score (nSPS) is 28.2. The number of hydrogen-bond acceptors (Lipinski definition) is 1. The molecule has 28 heavy (non-hydrogen) atoms. The molecule has 158 valence electrons. The van der Waals surface area contributed by atoms with Gasteiger partial charge in [0.2, 0.25) is 0 Å². The molecule has 1 aromatic carbocycles. The summed E-state index contributed by atoms with van der Waals surface area (Å²) in [6, 6.07) is 6.38. The monoisotopic (exact) mass is 388 g/mol. The van der Waals surface area contributed by atoms with Gasteiger partial charge in [-0.1, -0.05) is 58.3 Å². The maximum atomic E-state index is 12.9. The lowest BCUT2D eigenvalue weighted by Crippen LogP contribution is -2.26. The third-order valence-electron chi connectivity index (χ3n) is 7.50. The summed E-state index contributed by atoms with van der Waals surface area (Å²) in [7, 11) is 0. The molecule has 0 bridgehead atoms. The first-order valence-electron chi connectivity index (χ1n) is 12.1. The van der Waals surface area contributed by atoms with Gasteiger partial charge in [-0.3, -0.25) is 0 Å². The minimum Gasteiger partial charge on any atom is -0.494 e. The van der Waals surface area contributed by atoms with Gasteiger partial charge in [0.25, 0.3) is 0 Å². The van der Waals surface area contributed by atoms with Gasteiger partial charge in [-0.2, -0.15) is 0 Å². The third kappa shape index (κ3) is 7.08. The van der Waals surface area contributed by atoms with Gasteiger partial charge in [0, 0.05) is 0 Å². The van der Waals surface area contributed by atoms with Crippen LogP contribution >= 0.6 is 0 Å². The maximum absolute atomic E-state index is 12.9. The van der Waals surface area contributed by atoms with E-state index in [1.54, 1.807) is 12.1 Å². The molecule has 0 saturated heterocycles. The van der Waals surface area contributed by atoms with Crippen LogP contribution in [0.1, 0.15) is 96.8 Å². The first-order chi connectivity index (χ1) is 13.7. The van der Waals surface area contributed by atoms with E-state index in [4.69, 9.17) is 4.74 Å². The van der Waals surface area contributed by atoms with Crippen LogP contribution in [0.4, 0.5) is 4.39 Å². The molecule has 0 heterocycles. The van der Waals surface area contributed by atoms with Crippen molar-refractivity contribution in [3.8, 4) is 5.75 Å². The molecule has 1 nitrogen and oxygen atoms in total. The smallest absolute Gasteiger partial charge is 0.123 e. The van der Waals surface area contributed by atoms with Crippen LogP contribution in [0.2, 0.25) is 0 Å². The molecule has 0 N–H and O–H groups in total. The summed E-state index contributed by atoms with van der Waals surface area (Å²) in [5.41, 5.74) is 0. The summed E-state index contributed by atoms with van der Waals surface area (Å²) in [6.45, 7) is 3.07. The molecular formula is C26H41FO. The average Bonchev–Trinajstić information content (AvgIpc) is 2.74. The van der Waals surface area contributed by atoms with Gasteiger partial charge in [-0.05, 0) is 86.5 Å². The van der Waals surface area contributed by atoms with Gasteiger partial charge in [0.1, 0.15) is 11.6 Å². The second kappa shape index (κ2) is 11.8. The molecule has 2 saturated carbocycles. The average molecular weight is 389 g/mol. The molecule has 2 aliphatic carbocycles. The van der Waals surface area contributed by atoms with E-state index in [0.717, 1.165) is 42.4 Å². The van der Waals surface area contributed by atoms with Crippen LogP contribution < -0.4 is 4.74 Å². The Bertz CT molecular complexity index is 524. The highest BCUT2D eigenvalue weighted by Crippen LogP contribution is 2.43. The zero-order valence-corrected chi connectivity index (χ0v) is 18.0. The maximum Gasteiger partial charge on any atom is 0.123 e. The van der Waals surface area contributed by atoms with Crippen LogP contribution in [0.15, 0.2) is 24.3 Å². The van der Waals surface area contributed by atoms with Crippen molar-refractivity contribution in [2.75, 3.05) is 6.61 Å². The Hall–Kier alpha value is -1.05. The molecule has 2 fully saturated rings. The molecule has 2 aliphatic rings. The molecule has 2 heteroatoms.